The van der Waals surface area contributed by atoms with E-state index in [1.54, 1.807) is 0 Å². The minimum Gasteiger partial charge on any atom is -0.357 e. The Labute approximate surface area is 184 Å². The summed E-state index contributed by atoms with van der Waals surface area (Å²) >= 11 is 6.17. The van der Waals surface area contributed by atoms with Gasteiger partial charge in [-0.25, -0.2) is 18.1 Å². The molecule has 1 saturated carbocycles. The molecule has 2 aromatic carbocycles. The van der Waals surface area contributed by atoms with Gasteiger partial charge in [0.2, 0.25) is 10.0 Å². The zero-order valence-electron chi connectivity index (χ0n) is 17.4. The van der Waals surface area contributed by atoms with Gasteiger partial charge < -0.3 is 10.6 Å². The monoisotopic (exact) mass is 448 g/mol. The van der Waals surface area contributed by atoms with Crippen LogP contribution in [-0.4, -0.2) is 34.5 Å². The number of guanidine groups is 1. The summed E-state index contributed by atoms with van der Waals surface area (Å²) in [6.07, 6.45) is 2.25. The van der Waals surface area contributed by atoms with E-state index in [-0.39, 0.29) is 11.2 Å². The maximum absolute atomic E-state index is 11.8. The zero-order valence-corrected chi connectivity index (χ0v) is 19.0. The Morgan fingerprint density at radius 2 is 1.83 bits per heavy atom. The van der Waals surface area contributed by atoms with Gasteiger partial charge in [0.25, 0.3) is 0 Å². The third kappa shape index (κ3) is 6.20. The third-order valence-corrected chi connectivity index (χ3v) is 6.88. The molecule has 0 spiro atoms. The quantitative estimate of drug-likeness (QED) is 0.406. The van der Waals surface area contributed by atoms with Crippen molar-refractivity contribution in [2.24, 2.45) is 4.99 Å². The number of aliphatic imine (C=N–C) groups is 1. The molecule has 1 aliphatic carbocycles. The topological polar surface area (TPSA) is 82.6 Å². The smallest absolute Gasteiger partial charge is 0.215 e. The van der Waals surface area contributed by atoms with Crippen molar-refractivity contribution in [2.75, 3.05) is 20.1 Å². The van der Waals surface area contributed by atoms with Gasteiger partial charge in [-0.3, -0.25) is 0 Å². The second kappa shape index (κ2) is 9.81. The zero-order chi connectivity index (χ0) is 21.6. The van der Waals surface area contributed by atoms with Crippen molar-refractivity contribution < 1.29 is 8.42 Å². The Morgan fingerprint density at radius 3 is 2.50 bits per heavy atom. The maximum atomic E-state index is 11.8. The number of hydrogen-bond acceptors (Lipinski definition) is 3. The number of rotatable bonds is 9. The molecule has 1 aliphatic rings. The first kappa shape index (κ1) is 22.6. The van der Waals surface area contributed by atoms with Crippen molar-refractivity contribution in [3.05, 3.63) is 70.2 Å². The summed E-state index contributed by atoms with van der Waals surface area (Å²) in [6.45, 7) is 4.05. The molecule has 1 fully saturated rings. The fraction of sp³-hybridized carbons (Fsp3) is 0.409. The van der Waals surface area contributed by atoms with Gasteiger partial charge in [-0.05, 0) is 55.6 Å². The second-order valence-corrected chi connectivity index (χ2v) is 9.99. The standard InChI is InChI=1S/C22H29ClN4O2S/c1-3-25-21(27-16-22(10-11-22)19-8-5-9-20(23)13-19)26-14-17-6-4-7-18(12-17)15-30(28,29)24-2/h4-9,12-13,24H,3,10-11,14-16H2,1-2H3,(H2,25,26,27). The van der Waals surface area contributed by atoms with Crippen LogP contribution in [0.25, 0.3) is 0 Å². The van der Waals surface area contributed by atoms with E-state index in [2.05, 4.69) is 26.4 Å². The van der Waals surface area contributed by atoms with Crippen molar-refractivity contribution in [2.45, 2.75) is 37.5 Å². The Morgan fingerprint density at radius 1 is 1.10 bits per heavy atom. The summed E-state index contributed by atoms with van der Waals surface area (Å²) in [5, 5.41) is 7.51. The van der Waals surface area contributed by atoms with Crippen LogP contribution in [0, 0.1) is 0 Å². The van der Waals surface area contributed by atoms with Gasteiger partial charge in [-0.1, -0.05) is 48.0 Å². The molecule has 3 rings (SSSR count). The van der Waals surface area contributed by atoms with Crippen LogP contribution < -0.4 is 15.4 Å². The van der Waals surface area contributed by atoms with Crippen molar-refractivity contribution >= 4 is 27.6 Å². The molecule has 0 unspecified atom stereocenters. The van der Waals surface area contributed by atoms with Gasteiger partial charge in [0, 0.05) is 23.5 Å². The molecule has 162 valence electrons. The normalized spacial score (nSPS) is 15.6. The van der Waals surface area contributed by atoms with Crippen LogP contribution in [0.3, 0.4) is 0 Å². The molecule has 3 N–H and O–H groups in total. The molecule has 8 heteroatoms. The second-order valence-electron chi connectivity index (χ2n) is 7.62. The Kier molecular flexibility index (Phi) is 7.39. The summed E-state index contributed by atoms with van der Waals surface area (Å²) in [5.41, 5.74) is 3.08. The molecule has 0 saturated heterocycles. The number of halogens is 1. The molecule has 0 amide bonds. The highest BCUT2D eigenvalue weighted by Crippen LogP contribution is 2.48. The first-order valence-corrected chi connectivity index (χ1v) is 12.2. The Bertz CT molecular complexity index is 1000. The van der Waals surface area contributed by atoms with Crippen LogP contribution in [0.2, 0.25) is 5.02 Å². The van der Waals surface area contributed by atoms with Crippen LogP contribution >= 0.6 is 11.6 Å². The summed E-state index contributed by atoms with van der Waals surface area (Å²) in [4.78, 5) is 4.69. The van der Waals surface area contributed by atoms with Crippen LogP contribution in [0.15, 0.2) is 53.5 Å². The van der Waals surface area contributed by atoms with Gasteiger partial charge in [0.15, 0.2) is 5.96 Å². The molecule has 0 aromatic heterocycles. The van der Waals surface area contributed by atoms with Crippen molar-refractivity contribution in [1.29, 1.82) is 0 Å². The average Bonchev–Trinajstić information content (AvgIpc) is 3.51. The lowest BCUT2D eigenvalue weighted by molar-refractivity contribution is 0.587. The number of nitrogens with one attached hydrogen (secondary N) is 3. The molecule has 0 aliphatic heterocycles. The number of nitrogens with zero attached hydrogens (tertiary/aromatic N) is 1. The van der Waals surface area contributed by atoms with Gasteiger partial charge >= 0.3 is 0 Å². The highest BCUT2D eigenvalue weighted by molar-refractivity contribution is 7.88. The summed E-state index contributed by atoms with van der Waals surface area (Å²) in [6, 6.07) is 15.6. The SMILES string of the molecule is CCNC(=NCc1cccc(CS(=O)(=O)NC)c1)NCC1(c2cccc(Cl)c2)CC1. The van der Waals surface area contributed by atoms with Crippen LogP contribution in [0.4, 0.5) is 0 Å². The van der Waals surface area contributed by atoms with Crippen LogP contribution in [-0.2, 0) is 27.7 Å². The minimum atomic E-state index is -3.30. The lowest BCUT2D eigenvalue weighted by Gasteiger charge is -2.19. The van der Waals surface area contributed by atoms with Gasteiger partial charge in [0.05, 0.1) is 12.3 Å². The van der Waals surface area contributed by atoms with E-state index in [1.807, 2.05) is 49.4 Å². The molecule has 6 nitrogen and oxygen atoms in total. The molecular formula is C22H29ClN4O2S. The molecular weight excluding hydrogens is 420 g/mol. The number of benzene rings is 2. The lowest BCUT2D eigenvalue weighted by atomic mass is 9.96. The predicted molar refractivity (Wildman–Crippen MR) is 123 cm³/mol. The largest absolute Gasteiger partial charge is 0.357 e. The summed E-state index contributed by atoms with van der Waals surface area (Å²) in [7, 11) is -1.87. The van der Waals surface area contributed by atoms with Crippen molar-refractivity contribution in [3.63, 3.8) is 0 Å². The molecule has 30 heavy (non-hydrogen) atoms. The van der Waals surface area contributed by atoms with E-state index in [9.17, 15) is 8.42 Å². The molecule has 0 heterocycles. The maximum Gasteiger partial charge on any atom is 0.215 e. The molecule has 0 radical (unpaired) electrons. The van der Waals surface area contributed by atoms with E-state index in [0.717, 1.165) is 48.0 Å². The molecule has 0 atom stereocenters. The highest BCUT2D eigenvalue weighted by Gasteiger charge is 2.44. The first-order valence-electron chi connectivity index (χ1n) is 10.1. The van der Waals surface area contributed by atoms with E-state index < -0.39 is 10.0 Å². The third-order valence-electron chi connectivity index (χ3n) is 5.31. The van der Waals surface area contributed by atoms with E-state index in [1.165, 1.54) is 12.6 Å². The van der Waals surface area contributed by atoms with Gasteiger partial charge in [-0.2, -0.15) is 0 Å². The predicted octanol–water partition coefficient (Wildman–Crippen LogP) is 3.18. The molecule has 2 aromatic rings. The van der Waals surface area contributed by atoms with E-state index in [0.29, 0.717) is 6.54 Å². The van der Waals surface area contributed by atoms with Gasteiger partial charge in [-0.15, -0.1) is 0 Å². The van der Waals surface area contributed by atoms with E-state index in [4.69, 9.17) is 11.6 Å². The van der Waals surface area contributed by atoms with Crippen LogP contribution in [0.5, 0.6) is 0 Å². The molecule has 0 bridgehead atoms. The Balaban J connectivity index is 1.65. The fourth-order valence-electron chi connectivity index (χ4n) is 3.41. The van der Waals surface area contributed by atoms with Crippen LogP contribution in [0.1, 0.15) is 36.5 Å². The number of hydrogen-bond donors (Lipinski definition) is 3. The highest BCUT2D eigenvalue weighted by atomic mass is 35.5. The lowest BCUT2D eigenvalue weighted by Crippen LogP contribution is -2.41. The fourth-order valence-corrected chi connectivity index (χ4v) is 4.36. The Hall–Kier alpha value is -2.09. The minimum absolute atomic E-state index is 0.0402. The average molecular weight is 449 g/mol. The summed E-state index contributed by atoms with van der Waals surface area (Å²) in [5.74, 6) is 0.709. The van der Waals surface area contributed by atoms with Gasteiger partial charge in [0.1, 0.15) is 0 Å². The summed E-state index contributed by atoms with van der Waals surface area (Å²) < 4.78 is 25.9. The van der Waals surface area contributed by atoms with Crippen molar-refractivity contribution in [3.8, 4) is 0 Å². The van der Waals surface area contributed by atoms with Crippen molar-refractivity contribution in [1.82, 2.24) is 15.4 Å². The first-order chi connectivity index (χ1) is 14.4. The van der Waals surface area contributed by atoms with E-state index >= 15 is 0 Å². The number of sulfonamides is 1.